The summed E-state index contributed by atoms with van der Waals surface area (Å²) in [7, 11) is -3.35. The van der Waals surface area contributed by atoms with E-state index in [1.807, 2.05) is 18.3 Å². The van der Waals surface area contributed by atoms with Crippen LogP contribution in [0.4, 0.5) is 8.78 Å². The fourth-order valence-electron chi connectivity index (χ4n) is 4.55. The van der Waals surface area contributed by atoms with Crippen molar-refractivity contribution in [2.45, 2.75) is 4.90 Å². The van der Waals surface area contributed by atoms with Gasteiger partial charge >= 0.3 is 0 Å². The zero-order chi connectivity index (χ0) is 27.1. The molecule has 6 aromatic rings. The number of benzene rings is 3. The van der Waals surface area contributed by atoms with Gasteiger partial charge in [-0.25, -0.2) is 26.9 Å². The molecule has 6 nitrogen and oxygen atoms in total. The maximum absolute atomic E-state index is 13.9. The molecule has 0 N–H and O–H groups in total. The van der Waals surface area contributed by atoms with Crippen molar-refractivity contribution in [2.24, 2.45) is 0 Å². The molecule has 0 aliphatic rings. The Labute approximate surface area is 223 Å². The van der Waals surface area contributed by atoms with Crippen LogP contribution in [0.5, 0.6) is 0 Å². The molecule has 3 aromatic heterocycles. The van der Waals surface area contributed by atoms with Gasteiger partial charge in [0.2, 0.25) is 0 Å². The van der Waals surface area contributed by atoms with Crippen molar-refractivity contribution in [1.29, 1.82) is 0 Å². The van der Waals surface area contributed by atoms with E-state index in [0.29, 0.717) is 28.0 Å². The van der Waals surface area contributed by atoms with Crippen LogP contribution in [0, 0.1) is 11.6 Å². The molecular weight excluding hydrogens is 518 g/mol. The molecule has 0 atom stereocenters. The average molecular weight is 539 g/mol. The predicted octanol–water partition coefficient (Wildman–Crippen LogP) is 6.50. The first-order valence-electron chi connectivity index (χ1n) is 11.9. The van der Waals surface area contributed by atoms with E-state index in [1.165, 1.54) is 36.4 Å². The molecule has 0 aliphatic carbocycles. The second-order valence-corrected chi connectivity index (χ2v) is 11.1. The lowest BCUT2D eigenvalue weighted by atomic mass is 9.90. The first-order valence-corrected chi connectivity index (χ1v) is 13.8. The summed E-state index contributed by atoms with van der Waals surface area (Å²) in [6.07, 6.45) is 6.32. The third-order valence-electron chi connectivity index (χ3n) is 6.42. The molecule has 0 bridgehead atoms. The van der Waals surface area contributed by atoms with Gasteiger partial charge in [-0.1, -0.05) is 12.1 Å². The standard InChI is InChI=1S/C30H20F2N4O2S/c1-39(37,38)25-12-10-24(11-13-25)36-18-26-27(19-2-6-22(31)7-3-19)28(20-14-16-33-17-15-20)29(34-30(26)35-36)21-4-8-23(32)9-5-21/h2-18H,1H3. The monoisotopic (exact) mass is 538 g/mol. The zero-order valence-electron chi connectivity index (χ0n) is 20.6. The van der Waals surface area contributed by atoms with Crippen molar-refractivity contribution in [3.8, 4) is 39.2 Å². The molecular formula is C30H20F2N4O2S. The van der Waals surface area contributed by atoms with Gasteiger partial charge in [0.05, 0.1) is 16.3 Å². The number of hydrogen-bond donors (Lipinski definition) is 0. The molecule has 0 saturated heterocycles. The lowest BCUT2D eigenvalue weighted by Crippen LogP contribution is -1.99. The molecule has 0 saturated carbocycles. The van der Waals surface area contributed by atoms with Crippen LogP contribution < -0.4 is 0 Å². The topological polar surface area (TPSA) is 77.7 Å². The van der Waals surface area contributed by atoms with E-state index in [4.69, 9.17) is 10.1 Å². The highest BCUT2D eigenvalue weighted by Gasteiger charge is 2.22. The first-order chi connectivity index (χ1) is 18.8. The maximum atomic E-state index is 13.9. The summed E-state index contributed by atoms with van der Waals surface area (Å²) in [6.45, 7) is 0. The van der Waals surface area contributed by atoms with Gasteiger partial charge in [0, 0.05) is 46.9 Å². The van der Waals surface area contributed by atoms with Gasteiger partial charge in [-0.05, 0) is 83.9 Å². The number of sulfone groups is 1. The average Bonchev–Trinajstić information content (AvgIpc) is 3.37. The van der Waals surface area contributed by atoms with Gasteiger partial charge < -0.3 is 0 Å². The van der Waals surface area contributed by atoms with Crippen molar-refractivity contribution in [2.75, 3.05) is 6.26 Å². The highest BCUT2D eigenvalue weighted by atomic mass is 32.2. The number of fused-ring (bicyclic) bond motifs is 1. The van der Waals surface area contributed by atoms with E-state index < -0.39 is 9.84 Å². The number of halogens is 2. The maximum Gasteiger partial charge on any atom is 0.182 e. The highest BCUT2D eigenvalue weighted by Crippen LogP contribution is 2.43. The van der Waals surface area contributed by atoms with Crippen LogP contribution >= 0.6 is 0 Å². The number of nitrogens with zero attached hydrogens (tertiary/aromatic N) is 4. The van der Waals surface area contributed by atoms with Gasteiger partial charge in [-0.2, -0.15) is 0 Å². The predicted molar refractivity (Wildman–Crippen MR) is 146 cm³/mol. The van der Waals surface area contributed by atoms with Crippen LogP contribution in [0.3, 0.4) is 0 Å². The number of hydrogen-bond acceptors (Lipinski definition) is 5. The van der Waals surface area contributed by atoms with Crippen LogP contribution in [0.1, 0.15) is 0 Å². The summed E-state index contributed by atoms with van der Waals surface area (Å²) in [6, 6.07) is 22.3. The first kappa shape index (κ1) is 24.6. The summed E-state index contributed by atoms with van der Waals surface area (Å²) in [5, 5.41) is 5.41. The summed E-state index contributed by atoms with van der Waals surface area (Å²) < 4.78 is 53.3. The van der Waals surface area contributed by atoms with Gasteiger partial charge in [0.25, 0.3) is 0 Å². The van der Waals surface area contributed by atoms with Crippen LogP contribution in [0.15, 0.2) is 108 Å². The normalized spacial score (nSPS) is 11.7. The molecule has 0 aliphatic heterocycles. The summed E-state index contributed by atoms with van der Waals surface area (Å²) in [5.41, 5.74) is 5.40. The van der Waals surface area contributed by atoms with E-state index in [-0.39, 0.29) is 16.5 Å². The molecule has 6 rings (SSSR count). The van der Waals surface area contributed by atoms with Crippen LogP contribution in [0.25, 0.3) is 50.2 Å². The Kier molecular flexibility index (Phi) is 6.00. The van der Waals surface area contributed by atoms with Crippen LogP contribution in [-0.4, -0.2) is 34.4 Å². The molecule has 9 heteroatoms. The Bertz CT molecular complexity index is 1920. The SMILES string of the molecule is CS(=O)(=O)c1ccc(-n2cc3c(-c4ccc(F)cc4)c(-c4ccncc4)c(-c4ccc(F)cc4)nc3n2)cc1. The minimum absolute atomic E-state index is 0.201. The number of pyridine rings is 2. The quantitative estimate of drug-likeness (QED) is 0.250. The van der Waals surface area contributed by atoms with E-state index in [2.05, 4.69) is 4.98 Å². The van der Waals surface area contributed by atoms with Gasteiger partial charge in [-0.3, -0.25) is 4.98 Å². The highest BCUT2D eigenvalue weighted by molar-refractivity contribution is 7.90. The van der Waals surface area contributed by atoms with Crippen molar-refractivity contribution in [1.82, 2.24) is 19.7 Å². The molecule has 0 fully saturated rings. The molecule has 0 spiro atoms. The molecule has 0 amide bonds. The Morgan fingerprint density at radius 2 is 1.26 bits per heavy atom. The van der Waals surface area contributed by atoms with Gasteiger partial charge in [0.15, 0.2) is 15.5 Å². The van der Waals surface area contributed by atoms with E-state index in [0.717, 1.165) is 28.5 Å². The summed E-state index contributed by atoms with van der Waals surface area (Å²) in [5.74, 6) is -0.735. The summed E-state index contributed by atoms with van der Waals surface area (Å²) in [4.78, 5) is 9.26. The summed E-state index contributed by atoms with van der Waals surface area (Å²) >= 11 is 0. The smallest absolute Gasteiger partial charge is 0.182 e. The second-order valence-electron chi connectivity index (χ2n) is 9.04. The molecule has 3 heterocycles. The number of rotatable bonds is 5. The lowest BCUT2D eigenvalue weighted by molar-refractivity contribution is 0.602. The van der Waals surface area contributed by atoms with Crippen LogP contribution in [-0.2, 0) is 9.84 Å². The molecule has 39 heavy (non-hydrogen) atoms. The Balaban J connectivity index is 1.68. The van der Waals surface area contributed by atoms with Gasteiger partial charge in [-0.15, -0.1) is 5.10 Å². The van der Waals surface area contributed by atoms with Crippen molar-refractivity contribution >= 4 is 20.9 Å². The molecule has 192 valence electrons. The largest absolute Gasteiger partial charge is 0.265 e. The Morgan fingerprint density at radius 1 is 0.692 bits per heavy atom. The van der Waals surface area contributed by atoms with E-state index >= 15 is 0 Å². The minimum Gasteiger partial charge on any atom is -0.265 e. The Hall–Kier alpha value is -4.76. The van der Waals surface area contributed by atoms with Gasteiger partial charge in [0.1, 0.15) is 11.6 Å². The molecule has 0 radical (unpaired) electrons. The van der Waals surface area contributed by atoms with Crippen molar-refractivity contribution in [3.05, 3.63) is 115 Å². The molecule has 0 unspecified atom stereocenters. The third kappa shape index (κ3) is 4.68. The van der Waals surface area contributed by atoms with E-state index in [9.17, 15) is 17.2 Å². The zero-order valence-corrected chi connectivity index (χ0v) is 21.4. The lowest BCUT2D eigenvalue weighted by Gasteiger charge is -2.16. The third-order valence-corrected chi connectivity index (χ3v) is 7.55. The molecule has 3 aromatic carbocycles. The second kappa shape index (κ2) is 9.52. The minimum atomic E-state index is -3.35. The van der Waals surface area contributed by atoms with E-state index in [1.54, 1.807) is 53.5 Å². The fraction of sp³-hybridized carbons (Fsp3) is 0.0333. The fourth-order valence-corrected chi connectivity index (χ4v) is 5.18. The number of aromatic nitrogens is 4. The van der Waals surface area contributed by atoms with Crippen molar-refractivity contribution in [3.63, 3.8) is 0 Å². The van der Waals surface area contributed by atoms with Crippen LogP contribution in [0.2, 0.25) is 0 Å². The van der Waals surface area contributed by atoms with Crippen molar-refractivity contribution < 1.29 is 17.2 Å². The Morgan fingerprint density at radius 3 is 1.85 bits per heavy atom.